The normalized spacial score (nSPS) is 32.4. The SMILES string of the molecule is CC(=O)O[C@H]1CC=C[C@@]12CCCN2C(C)=O. The summed E-state index contributed by atoms with van der Waals surface area (Å²) >= 11 is 0. The topological polar surface area (TPSA) is 46.6 Å². The van der Waals surface area contributed by atoms with E-state index in [1.165, 1.54) is 6.92 Å². The molecule has 0 aromatic carbocycles. The summed E-state index contributed by atoms with van der Waals surface area (Å²) in [6.07, 6.45) is 6.42. The van der Waals surface area contributed by atoms with Gasteiger partial charge in [-0.25, -0.2) is 0 Å². The Labute approximate surface area is 95.2 Å². The van der Waals surface area contributed by atoms with Gasteiger partial charge >= 0.3 is 5.97 Å². The Bertz CT molecular complexity index is 350. The number of ether oxygens (including phenoxy) is 1. The van der Waals surface area contributed by atoms with Crippen molar-refractivity contribution >= 4 is 11.9 Å². The van der Waals surface area contributed by atoms with Gasteiger partial charge in [0.15, 0.2) is 0 Å². The lowest BCUT2D eigenvalue weighted by Crippen LogP contribution is -2.52. The summed E-state index contributed by atoms with van der Waals surface area (Å²) in [5.41, 5.74) is -0.364. The van der Waals surface area contributed by atoms with E-state index < -0.39 is 0 Å². The maximum Gasteiger partial charge on any atom is 0.303 e. The van der Waals surface area contributed by atoms with Gasteiger partial charge < -0.3 is 9.64 Å². The average Bonchev–Trinajstić information content (AvgIpc) is 2.75. The molecule has 1 heterocycles. The van der Waals surface area contributed by atoms with Gasteiger partial charge in [0.05, 0.1) is 5.54 Å². The number of hydrogen-bond donors (Lipinski definition) is 0. The minimum atomic E-state index is -0.364. The third-order valence-corrected chi connectivity index (χ3v) is 3.46. The predicted molar refractivity (Wildman–Crippen MR) is 58.7 cm³/mol. The van der Waals surface area contributed by atoms with Crippen LogP contribution in [0.1, 0.15) is 33.1 Å². The molecule has 4 heteroatoms. The monoisotopic (exact) mass is 223 g/mol. The Morgan fingerprint density at radius 2 is 2.19 bits per heavy atom. The van der Waals surface area contributed by atoms with Gasteiger partial charge in [0.25, 0.3) is 0 Å². The van der Waals surface area contributed by atoms with Crippen molar-refractivity contribution < 1.29 is 14.3 Å². The highest BCUT2D eigenvalue weighted by Gasteiger charge is 2.50. The summed E-state index contributed by atoms with van der Waals surface area (Å²) in [7, 11) is 0. The van der Waals surface area contributed by atoms with E-state index >= 15 is 0 Å². The number of hydrogen-bond acceptors (Lipinski definition) is 3. The molecular formula is C12H17NO3. The third-order valence-electron chi connectivity index (χ3n) is 3.46. The van der Waals surface area contributed by atoms with Crippen LogP contribution in [0.5, 0.6) is 0 Å². The summed E-state index contributed by atoms with van der Waals surface area (Å²) < 4.78 is 5.33. The molecule has 2 rings (SSSR count). The molecule has 2 aliphatic rings. The molecule has 0 aromatic rings. The second-order valence-electron chi connectivity index (χ2n) is 4.50. The van der Waals surface area contributed by atoms with Crippen molar-refractivity contribution in [2.45, 2.75) is 44.8 Å². The van der Waals surface area contributed by atoms with Crippen molar-refractivity contribution in [3.8, 4) is 0 Å². The van der Waals surface area contributed by atoms with Crippen molar-refractivity contribution in [3.05, 3.63) is 12.2 Å². The van der Waals surface area contributed by atoms with Gasteiger partial charge in [0.1, 0.15) is 6.10 Å². The van der Waals surface area contributed by atoms with Crippen molar-refractivity contribution in [1.82, 2.24) is 4.90 Å². The molecule has 4 nitrogen and oxygen atoms in total. The molecule has 16 heavy (non-hydrogen) atoms. The first-order valence-corrected chi connectivity index (χ1v) is 5.69. The Morgan fingerprint density at radius 1 is 1.44 bits per heavy atom. The fraction of sp³-hybridized carbons (Fsp3) is 0.667. The fourth-order valence-electron chi connectivity index (χ4n) is 2.88. The second kappa shape index (κ2) is 3.92. The molecule has 1 aliphatic carbocycles. The lowest BCUT2D eigenvalue weighted by atomic mass is 9.92. The summed E-state index contributed by atoms with van der Waals surface area (Å²) in [6, 6.07) is 0. The van der Waals surface area contributed by atoms with Gasteiger partial charge in [-0.2, -0.15) is 0 Å². The first kappa shape index (κ1) is 11.2. The van der Waals surface area contributed by atoms with Crippen LogP contribution in [0.15, 0.2) is 12.2 Å². The zero-order chi connectivity index (χ0) is 11.8. The molecule has 0 bridgehead atoms. The molecule has 1 saturated heterocycles. The molecule has 2 atom stereocenters. The van der Waals surface area contributed by atoms with Crippen LogP contribution in [-0.4, -0.2) is 35.0 Å². The van der Waals surface area contributed by atoms with E-state index in [0.717, 1.165) is 19.4 Å². The predicted octanol–water partition coefficient (Wildman–Crippen LogP) is 1.26. The number of esters is 1. The molecule has 0 unspecified atom stereocenters. The molecule has 1 fully saturated rings. The van der Waals surface area contributed by atoms with Crippen LogP contribution in [0.3, 0.4) is 0 Å². The van der Waals surface area contributed by atoms with E-state index in [1.807, 2.05) is 17.1 Å². The molecule has 1 amide bonds. The summed E-state index contributed by atoms with van der Waals surface area (Å²) in [4.78, 5) is 24.5. The van der Waals surface area contributed by atoms with Crippen LogP contribution in [0.4, 0.5) is 0 Å². The maximum absolute atomic E-state index is 11.6. The van der Waals surface area contributed by atoms with Gasteiger partial charge in [-0.3, -0.25) is 9.59 Å². The first-order valence-electron chi connectivity index (χ1n) is 5.69. The van der Waals surface area contributed by atoms with Crippen LogP contribution in [0, 0.1) is 0 Å². The number of nitrogens with zero attached hydrogens (tertiary/aromatic N) is 1. The van der Waals surface area contributed by atoms with E-state index in [-0.39, 0.29) is 23.5 Å². The molecular weight excluding hydrogens is 206 g/mol. The largest absolute Gasteiger partial charge is 0.459 e. The molecule has 0 N–H and O–H groups in total. The van der Waals surface area contributed by atoms with Gasteiger partial charge in [-0.15, -0.1) is 0 Å². The number of likely N-dealkylation sites (tertiary alicyclic amines) is 1. The van der Waals surface area contributed by atoms with Crippen LogP contribution in [0.25, 0.3) is 0 Å². The third kappa shape index (κ3) is 1.62. The summed E-state index contributed by atoms with van der Waals surface area (Å²) in [6.45, 7) is 3.75. The molecule has 1 aliphatic heterocycles. The Hall–Kier alpha value is -1.32. The highest BCUT2D eigenvalue weighted by Crippen LogP contribution is 2.40. The zero-order valence-electron chi connectivity index (χ0n) is 9.73. The number of carbonyl (C=O) groups excluding carboxylic acids is 2. The van der Waals surface area contributed by atoms with Gasteiger partial charge in [-0.1, -0.05) is 12.2 Å². The van der Waals surface area contributed by atoms with E-state index in [4.69, 9.17) is 4.74 Å². The molecule has 0 saturated carbocycles. The van der Waals surface area contributed by atoms with E-state index in [1.54, 1.807) is 6.92 Å². The van der Waals surface area contributed by atoms with E-state index in [2.05, 4.69) is 0 Å². The van der Waals surface area contributed by atoms with Gasteiger partial charge in [0.2, 0.25) is 5.91 Å². The van der Waals surface area contributed by atoms with Crippen molar-refractivity contribution in [3.63, 3.8) is 0 Å². The number of carbonyl (C=O) groups is 2. The van der Waals surface area contributed by atoms with Crippen molar-refractivity contribution in [2.24, 2.45) is 0 Å². The lowest BCUT2D eigenvalue weighted by molar-refractivity contribution is -0.154. The number of amides is 1. The zero-order valence-corrected chi connectivity index (χ0v) is 9.73. The molecule has 88 valence electrons. The van der Waals surface area contributed by atoms with Crippen LogP contribution < -0.4 is 0 Å². The average molecular weight is 223 g/mol. The van der Waals surface area contributed by atoms with E-state index in [0.29, 0.717) is 6.42 Å². The standard InChI is InChI=1S/C12H17NO3/c1-9(14)13-8-4-7-12(13)6-3-5-11(12)16-10(2)15/h3,6,11H,4-5,7-8H2,1-2H3/t11-,12+/m0/s1. The van der Waals surface area contributed by atoms with Crippen LogP contribution in [-0.2, 0) is 14.3 Å². The molecule has 0 aromatic heterocycles. The van der Waals surface area contributed by atoms with Crippen molar-refractivity contribution in [2.75, 3.05) is 6.54 Å². The van der Waals surface area contributed by atoms with Crippen molar-refractivity contribution in [1.29, 1.82) is 0 Å². The first-order chi connectivity index (χ1) is 7.56. The molecule has 0 radical (unpaired) electrons. The fourth-order valence-corrected chi connectivity index (χ4v) is 2.88. The van der Waals surface area contributed by atoms with Gasteiger partial charge in [-0.05, 0) is 12.8 Å². The maximum atomic E-state index is 11.6. The summed E-state index contributed by atoms with van der Waals surface area (Å²) in [5, 5.41) is 0. The smallest absolute Gasteiger partial charge is 0.303 e. The minimum Gasteiger partial charge on any atom is -0.459 e. The minimum absolute atomic E-state index is 0.0567. The Morgan fingerprint density at radius 3 is 2.81 bits per heavy atom. The quantitative estimate of drug-likeness (QED) is 0.496. The van der Waals surface area contributed by atoms with E-state index in [9.17, 15) is 9.59 Å². The lowest BCUT2D eigenvalue weighted by Gasteiger charge is -2.38. The molecule has 1 spiro atoms. The summed E-state index contributed by atoms with van der Waals surface area (Å²) in [5.74, 6) is -0.218. The highest BCUT2D eigenvalue weighted by atomic mass is 16.5. The van der Waals surface area contributed by atoms with Crippen LogP contribution >= 0.6 is 0 Å². The highest BCUT2D eigenvalue weighted by molar-refractivity contribution is 5.75. The van der Waals surface area contributed by atoms with Crippen LogP contribution in [0.2, 0.25) is 0 Å². The second-order valence-corrected chi connectivity index (χ2v) is 4.50. The van der Waals surface area contributed by atoms with Gasteiger partial charge in [0, 0.05) is 26.8 Å². The number of rotatable bonds is 1. The Kier molecular flexibility index (Phi) is 2.74. The Balaban J connectivity index is 2.24.